The number of hydrogen-bond donors (Lipinski definition) is 2. The molecule has 1 aliphatic rings. The molecule has 0 saturated heterocycles. The Hall–Kier alpha value is -1.39. The van der Waals surface area contributed by atoms with Crippen LogP contribution in [0.25, 0.3) is 0 Å². The SMILES string of the molecule is CC(CCC(C)(O)CCC(F)=C(F)F)[C@H]1CCC(=O)[C@@H]1CCSc1nc(C(=O)O)cs1. The predicted molar refractivity (Wildman–Crippen MR) is 114 cm³/mol. The van der Waals surface area contributed by atoms with Crippen LogP contribution in [-0.4, -0.2) is 38.3 Å². The highest BCUT2D eigenvalue weighted by atomic mass is 32.2. The lowest BCUT2D eigenvalue weighted by Gasteiger charge is -2.29. The summed E-state index contributed by atoms with van der Waals surface area (Å²) < 4.78 is 38.1. The monoisotopic (exact) mass is 479 g/mol. The fourth-order valence-corrected chi connectivity index (χ4v) is 5.93. The highest BCUT2D eigenvalue weighted by molar-refractivity contribution is 8.01. The minimum atomic E-state index is -2.34. The van der Waals surface area contributed by atoms with Gasteiger partial charge in [0, 0.05) is 29.9 Å². The summed E-state index contributed by atoms with van der Waals surface area (Å²) in [5, 5.41) is 20.8. The molecule has 1 saturated carbocycles. The predicted octanol–water partition coefficient (Wildman–Crippen LogP) is 5.94. The number of nitrogens with zero attached hydrogens (tertiary/aromatic N) is 1. The highest BCUT2D eigenvalue weighted by Crippen LogP contribution is 2.40. The summed E-state index contributed by atoms with van der Waals surface area (Å²) in [4.78, 5) is 27.3. The van der Waals surface area contributed by atoms with Crippen LogP contribution >= 0.6 is 23.1 Å². The fourth-order valence-electron chi connectivity index (χ4n) is 4.04. The van der Waals surface area contributed by atoms with E-state index in [1.165, 1.54) is 35.4 Å². The van der Waals surface area contributed by atoms with E-state index < -0.39 is 29.9 Å². The first-order valence-corrected chi connectivity index (χ1v) is 12.1. The zero-order chi connectivity index (χ0) is 23.2. The van der Waals surface area contributed by atoms with Gasteiger partial charge in [-0.1, -0.05) is 18.7 Å². The third kappa shape index (κ3) is 7.91. The molecule has 174 valence electrons. The van der Waals surface area contributed by atoms with Crippen LogP contribution in [0.5, 0.6) is 0 Å². The van der Waals surface area contributed by atoms with Gasteiger partial charge in [0.15, 0.2) is 15.9 Å². The number of carbonyl (C=O) groups is 2. The van der Waals surface area contributed by atoms with Gasteiger partial charge in [-0.15, -0.1) is 11.3 Å². The van der Waals surface area contributed by atoms with Crippen molar-refractivity contribution in [2.24, 2.45) is 17.8 Å². The van der Waals surface area contributed by atoms with Crippen LogP contribution in [-0.2, 0) is 4.79 Å². The number of Topliss-reactive ketones (excluding diaryl/α,β-unsaturated/α-hetero) is 1. The number of carboxylic acid groups (broad SMARTS) is 1. The summed E-state index contributed by atoms with van der Waals surface area (Å²) in [6.45, 7) is 3.55. The van der Waals surface area contributed by atoms with Crippen molar-refractivity contribution < 1.29 is 33.0 Å². The molecule has 0 radical (unpaired) electrons. The normalized spacial score (nSPS) is 21.7. The van der Waals surface area contributed by atoms with E-state index in [1.54, 1.807) is 0 Å². The Morgan fingerprint density at radius 1 is 1.39 bits per heavy atom. The molecule has 1 aliphatic carbocycles. The number of rotatable bonds is 12. The number of aromatic nitrogens is 1. The number of thioether (sulfide) groups is 1. The molecule has 0 aromatic carbocycles. The Balaban J connectivity index is 1.83. The van der Waals surface area contributed by atoms with E-state index in [0.29, 0.717) is 35.8 Å². The summed E-state index contributed by atoms with van der Waals surface area (Å²) in [7, 11) is 0. The van der Waals surface area contributed by atoms with Crippen LogP contribution in [0.2, 0.25) is 0 Å². The van der Waals surface area contributed by atoms with Crippen molar-refractivity contribution in [3.8, 4) is 0 Å². The molecule has 2 rings (SSSR count). The number of carboxylic acids is 1. The second-order valence-corrected chi connectivity index (χ2v) is 10.6. The largest absolute Gasteiger partial charge is 0.476 e. The van der Waals surface area contributed by atoms with E-state index in [4.69, 9.17) is 5.11 Å². The minimum Gasteiger partial charge on any atom is -0.476 e. The molecule has 0 bridgehead atoms. The number of ketones is 1. The number of aromatic carboxylic acids is 1. The van der Waals surface area contributed by atoms with Crippen molar-refractivity contribution in [1.82, 2.24) is 4.98 Å². The lowest BCUT2D eigenvalue weighted by molar-refractivity contribution is -0.121. The van der Waals surface area contributed by atoms with Gasteiger partial charge >= 0.3 is 12.0 Å². The summed E-state index contributed by atoms with van der Waals surface area (Å²) in [6, 6.07) is 0. The molecule has 31 heavy (non-hydrogen) atoms. The Morgan fingerprint density at radius 3 is 2.71 bits per heavy atom. The van der Waals surface area contributed by atoms with Gasteiger partial charge < -0.3 is 10.2 Å². The van der Waals surface area contributed by atoms with E-state index >= 15 is 0 Å². The van der Waals surface area contributed by atoms with Crippen LogP contribution in [0, 0.1) is 17.8 Å². The third-order valence-corrected chi connectivity index (χ3v) is 8.02. The van der Waals surface area contributed by atoms with Gasteiger partial charge in [-0.3, -0.25) is 4.79 Å². The molecule has 1 aromatic rings. The number of carbonyl (C=O) groups excluding carboxylic acids is 1. The van der Waals surface area contributed by atoms with E-state index in [9.17, 15) is 27.9 Å². The Labute approximate surface area is 188 Å². The molecular weight excluding hydrogens is 451 g/mol. The van der Waals surface area contributed by atoms with Gasteiger partial charge in [-0.2, -0.15) is 8.78 Å². The molecule has 0 spiro atoms. The topological polar surface area (TPSA) is 87.5 Å². The third-order valence-electron chi connectivity index (χ3n) is 5.97. The number of thiazole rings is 1. The highest BCUT2D eigenvalue weighted by Gasteiger charge is 2.37. The molecule has 5 nitrogen and oxygen atoms in total. The Kier molecular flexibility index (Phi) is 9.57. The van der Waals surface area contributed by atoms with Gasteiger partial charge in [0.05, 0.1) is 5.60 Å². The maximum absolute atomic E-state index is 13.0. The van der Waals surface area contributed by atoms with Crippen LogP contribution in [0.1, 0.15) is 69.3 Å². The van der Waals surface area contributed by atoms with Crippen molar-refractivity contribution >= 4 is 34.9 Å². The summed E-state index contributed by atoms with van der Waals surface area (Å²) in [6.07, 6.45) is 0.0133. The van der Waals surface area contributed by atoms with Crippen molar-refractivity contribution in [2.75, 3.05) is 5.75 Å². The second-order valence-electron chi connectivity index (χ2n) is 8.39. The smallest absolute Gasteiger partial charge is 0.355 e. The summed E-state index contributed by atoms with van der Waals surface area (Å²) in [5.41, 5.74) is -1.23. The molecule has 0 amide bonds. The minimum absolute atomic E-state index is 0.0209. The molecular formula is C21H28F3NO4S2. The standard InChI is InChI=1S/C21H28F3NO4S2/c1-12(5-8-21(2,29)9-6-15(22)18(23)24)13-3-4-17(26)14(13)7-10-30-20-25-16(11-31-20)19(27)28/h11-14,29H,3-10H2,1-2H3,(H,27,28)/t12?,13-,14-,21?/m1/s1. The molecule has 1 aromatic heterocycles. The van der Waals surface area contributed by atoms with E-state index in [2.05, 4.69) is 4.98 Å². The van der Waals surface area contributed by atoms with Gasteiger partial charge in [0.25, 0.3) is 0 Å². The van der Waals surface area contributed by atoms with Gasteiger partial charge in [-0.25, -0.2) is 14.2 Å². The molecule has 1 fully saturated rings. The lowest BCUT2D eigenvalue weighted by atomic mass is 9.79. The quantitative estimate of drug-likeness (QED) is 0.361. The average molecular weight is 480 g/mol. The Bertz CT molecular complexity index is 808. The first-order chi connectivity index (χ1) is 14.5. The Morgan fingerprint density at radius 2 is 2.10 bits per heavy atom. The van der Waals surface area contributed by atoms with Gasteiger partial charge in [0.2, 0.25) is 0 Å². The van der Waals surface area contributed by atoms with Crippen molar-refractivity contribution in [3.05, 3.63) is 23.0 Å². The summed E-state index contributed by atoms with van der Waals surface area (Å²) >= 11 is 2.71. The maximum Gasteiger partial charge on any atom is 0.355 e. The first kappa shape index (κ1) is 25.9. The van der Waals surface area contributed by atoms with Crippen molar-refractivity contribution in [3.63, 3.8) is 0 Å². The molecule has 0 aliphatic heterocycles. The van der Waals surface area contributed by atoms with Crippen LogP contribution in [0.4, 0.5) is 13.2 Å². The van der Waals surface area contributed by atoms with E-state index in [-0.39, 0.29) is 35.7 Å². The number of halogens is 3. The van der Waals surface area contributed by atoms with Crippen LogP contribution < -0.4 is 0 Å². The maximum atomic E-state index is 13.0. The first-order valence-electron chi connectivity index (χ1n) is 10.3. The number of allylic oxidation sites excluding steroid dienone is 1. The zero-order valence-electron chi connectivity index (χ0n) is 17.6. The average Bonchev–Trinajstić information content (AvgIpc) is 3.32. The van der Waals surface area contributed by atoms with E-state index in [0.717, 1.165) is 6.42 Å². The molecule has 2 unspecified atom stereocenters. The van der Waals surface area contributed by atoms with Crippen molar-refractivity contribution in [1.29, 1.82) is 0 Å². The fraction of sp³-hybridized carbons (Fsp3) is 0.667. The zero-order valence-corrected chi connectivity index (χ0v) is 19.2. The van der Waals surface area contributed by atoms with Crippen LogP contribution in [0.3, 0.4) is 0 Å². The number of aliphatic hydroxyl groups is 1. The van der Waals surface area contributed by atoms with Gasteiger partial charge in [0.1, 0.15) is 5.78 Å². The molecule has 1 heterocycles. The van der Waals surface area contributed by atoms with Crippen molar-refractivity contribution in [2.45, 2.75) is 68.7 Å². The number of hydrogen-bond acceptors (Lipinski definition) is 6. The second kappa shape index (κ2) is 11.5. The van der Waals surface area contributed by atoms with Gasteiger partial charge in [-0.05, 0) is 50.9 Å². The van der Waals surface area contributed by atoms with E-state index in [1.807, 2.05) is 6.92 Å². The molecule has 4 atom stereocenters. The lowest BCUT2D eigenvalue weighted by Crippen LogP contribution is -2.27. The summed E-state index contributed by atoms with van der Waals surface area (Å²) in [5.74, 6) is -1.42. The molecule has 10 heteroatoms. The van der Waals surface area contributed by atoms with Crippen LogP contribution in [0.15, 0.2) is 21.6 Å². The molecule has 2 N–H and O–H groups in total.